The summed E-state index contributed by atoms with van der Waals surface area (Å²) in [4.78, 5) is 12.5. The lowest BCUT2D eigenvalue weighted by atomic mass is 10.1. The summed E-state index contributed by atoms with van der Waals surface area (Å²) in [6.45, 7) is 5.16. The van der Waals surface area contributed by atoms with Crippen LogP contribution >= 0.6 is 23.2 Å². The molecule has 0 unspecified atom stereocenters. The standard InChI is InChI=1S/C19H20Cl2N4O2/c1-11-6-13(12(2)25(11)4-5-27-3)7-14(10-22)19(26)24-15-8-16(20)18(23)17(21)9-15/h6-9H,4-5,23H2,1-3H3,(H,24,26)/b14-7+. The first-order chi connectivity index (χ1) is 12.8. The van der Waals surface area contributed by atoms with Crippen molar-refractivity contribution in [2.45, 2.75) is 20.4 Å². The fourth-order valence-corrected chi connectivity index (χ4v) is 3.15. The summed E-state index contributed by atoms with van der Waals surface area (Å²) >= 11 is 12.0. The first-order valence-electron chi connectivity index (χ1n) is 8.11. The zero-order valence-corrected chi connectivity index (χ0v) is 16.8. The van der Waals surface area contributed by atoms with E-state index in [-0.39, 0.29) is 21.3 Å². The molecule has 1 heterocycles. The minimum Gasteiger partial charge on any atom is -0.396 e. The quantitative estimate of drug-likeness (QED) is 0.427. The Morgan fingerprint density at radius 2 is 1.96 bits per heavy atom. The van der Waals surface area contributed by atoms with Gasteiger partial charge < -0.3 is 20.4 Å². The molecule has 27 heavy (non-hydrogen) atoms. The highest BCUT2D eigenvalue weighted by molar-refractivity contribution is 6.39. The van der Waals surface area contributed by atoms with Gasteiger partial charge >= 0.3 is 0 Å². The number of carbonyl (C=O) groups excluding carboxylic acids is 1. The van der Waals surface area contributed by atoms with Gasteiger partial charge in [0.05, 0.1) is 22.3 Å². The highest BCUT2D eigenvalue weighted by Crippen LogP contribution is 2.31. The second-order valence-electron chi connectivity index (χ2n) is 5.95. The smallest absolute Gasteiger partial charge is 0.266 e. The summed E-state index contributed by atoms with van der Waals surface area (Å²) in [5.74, 6) is -0.559. The molecule has 0 saturated carbocycles. The van der Waals surface area contributed by atoms with Crippen LogP contribution in [0.15, 0.2) is 23.8 Å². The van der Waals surface area contributed by atoms with Crippen molar-refractivity contribution in [3.63, 3.8) is 0 Å². The molecule has 0 aliphatic heterocycles. The van der Waals surface area contributed by atoms with E-state index in [0.717, 1.165) is 17.0 Å². The van der Waals surface area contributed by atoms with Crippen LogP contribution in [-0.4, -0.2) is 24.2 Å². The molecule has 2 rings (SSSR count). The lowest BCUT2D eigenvalue weighted by Crippen LogP contribution is -2.13. The molecule has 0 saturated heterocycles. The molecule has 8 heteroatoms. The topological polar surface area (TPSA) is 93.1 Å². The van der Waals surface area contributed by atoms with Crippen molar-refractivity contribution < 1.29 is 9.53 Å². The van der Waals surface area contributed by atoms with E-state index in [2.05, 4.69) is 9.88 Å². The van der Waals surface area contributed by atoms with E-state index in [1.54, 1.807) is 13.2 Å². The molecule has 142 valence electrons. The maximum atomic E-state index is 12.5. The van der Waals surface area contributed by atoms with Crippen molar-refractivity contribution in [1.29, 1.82) is 5.26 Å². The number of ether oxygens (including phenoxy) is 1. The van der Waals surface area contributed by atoms with E-state index in [1.165, 1.54) is 12.1 Å². The van der Waals surface area contributed by atoms with E-state index in [4.69, 9.17) is 33.7 Å². The van der Waals surface area contributed by atoms with Gasteiger partial charge in [0, 0.05) is 30.7 Å². The number of aryl methyl sites for hydroxylation is 1. The molecular weight excluding hydrogens is 387 g/mol. The Hall–Kier alpha value is -2.46. The van der Waals surface area contributed by atoms with E-state index in [1.807, 2.05) is 26.0 Å². The number of nitrogens with zero attached hydrogens (tertiary/aromatic N) is 2. The summed E-state index contributed by atoms with van der Waals surface area (Å²) in [6.07, 6.45) is 1.56. The lowest BCUT2D eigenvalue weighted by Gasteiger charge is -2.09. The molecule has 0 aliphatic carbocycles. The van der Waals surface area contributed by atoms with Gasteiger partial charge in [-0.15, -0.1) is 0 Å². The number of halogens is 2. The molecule has 0 spiro atoms. The number of methoxy groups -OCH3 is 1. The largest absolute Gasteiger partial charge is 0.396 e. The van der Waals surface area contributed by atoms with Crippen LogP contribution in [0.5, 0.6) is 0 Å². The number of nitrogens with one attached hydrogen (secondary N) is 1. The first kappa shape index (κ1) is 20.8. The van der Waals surface area contributed by atoms with Gasteiger partial charge in [-0.05, 0) is 43.7 Å². The summed E-state index contributed by atoms with van der Waals surface area (Å²) in [7, 11) is 1.64. The van der Waals surface area contributed by atoms with Crippen molar-refractivity contribution in [1.82, 2.24) is 4.57 Å². The van der Waals surface area contributed by atoms with Crippen LogP contribution in [0.2, 0.25) is 10.0 Å². The number of rotatable bonds is 6. The number of hydrogen-bond acceptors (Lipinski definition) is 4. The Kier molecular flexibility index (Phi) is 6.92. The Morgan fingerprint density at radius 3 is 2.52 bits per heavy atom. The van der Waals surface area contributed by atoms with E-state index >= 15 is 0 Å². The van der Waals surface area contributed by atoms with E-state index in [9.17, 15) is 10.1 Å². The summed E-state index contributed by atoms with van der Waals surface area (Å²) in [6, 6.07) is 6.81. The average Bonchev–Trinajstić information content (AvgIpc) is 2.88. The molecule has 0 atom stereocenters. The molecular formula is C19H20Cl2N4O2. The van der Waals surface area contributed by atoms with Crippen LogP contribution in [0.1, 0.15) is 17.0 Å². The van der Waals surface area contributed by atoms with Gasteiger partial charge in [0.25, 0.3) is 5.91 Å². The number of benzene rings is 1. The Balaban J connectivity index is 2.29. The number of nitrogens with two attached hydrogens (primary N) is 1. The van der Waals surface area contributed by atoms with Crippen molar-refractivity contribution in [3.05, 3.63) is 50.8 Å². The zero-order chi connectivity index (χ0) is 20.1. The number of hydrogen-bond donors (Lipinski definition) is 2. The lowest BCUT2D eigenvalue weighted by molar-refractivity contribution is -0.112. The predicted octanol–water partition coefficient (Wildman–Crippen LogP) is 4.19. The highest BCUT2D eigenvalue weighted by atomic mass is 35.5. The maximum absolute atomic E-state index is 12.5. The molecule has 1 aromatic carbocycles. The third kappa shape index (κ3) is 4.83. The summed E-state index contributed by atoms with van der Waals surface area (Å²) in [5, 5.41) is 12.5. The van der Waals surface area contributed by atoms with Gasteiger partial charge in [0.2, 0.25) is 0 Å². The van der Waals surface area contributed by atoms with Crippen LogP contribution in [-0.2, 0) is 16.1 Å². The molecule has 0 fully saturated rings. The summed E-state index contributed by atoms with van der Waals surface area (Å²) < 4.78 is 7.19. The second kappa shape index (κ2) is 8.96. The normalized spacial score (nSPS) is 11.3. The third-order valence-corrected chi connectivity index (χ3v) is 4.76. The van der Waals surface area contributed by atoms with Crippen molar-refractivity contribution in [2.24, 2.45) is 0 Å². The van der Waals surface area contributed by atoms with E-state index < -0.39 is 5.91 Å². The first-order valence-corrected chi connectivity index (χ1v) is 8.87. The average molecular weight is 407 g/mol. The zero-order valence-electron chi connectivity index (χ0n) is 15.3. The summed E-state index contributed by atoms with van der Waals surface area (Å²) in [5.41, 5.74) is 9.00. The Bertz CT molecular complexity index is 919. The number of carbonyl (C=O) groups is 1. The van der Waals surface area contributed by atoms with Gasteiger partial charge in [-0.25, -0.2) is 0 Å². The van der Waals surface area contributed by atoms with E-state index in [0.29, 0.717) is 18.8 Å². The third-order valence-electron chi connectivity index (χ3n) is 4.13. The number of nitrogen functional groups attached to an aromatic ring is 1. The van der Waals surface area contributed by atoms with Gasteiger partial charge in [-0.3, -0.25) is 4.79 Å². The SMILES string of the molecule is COCCn1c(C)cc(/C=C(\C#N)C(=O)Nc2cc(Cl)c(N)c(Cl)c2)c1C. The van der Waals surface area contributed by atoms with Crippen molar-refractivity contribution in [3.8, 4) is 6.07 Å². The molecule has 1 amide bonds. The minimum atomic E-state index is -0.559. The van der Waals surface area contributed by atoms with Crippen LogP contribution in [0.4, 0.5) is 11.4 Å². The highest BCUT2D eigenvalue weighted by Gasteiger charge is 2.14. The number of amides is 1. The number of anilines is 2. The van der Waals surface area contributed by atoms with Crippen LogP contribution in [0.3, 0.4) is 0 Å². The van der Waals surface area contributed by atoms with Gasteiger partial charge in [0.1, 0.15) is 11.6 Å². The van der Waals surface area contributed by atoms with Crippen LogP contribution in [0, 0.1) is 25.2 Å². The molecule has 2 aromatic rings. The Labute approximate surface area is 168 Å². The molecule has 0 bridgehead atoms. The van der Waals surface area contributed by atoms with Gasteiger partial charge in [-0.1, -0.05) is 23.2 Å². The van der Waals surface area contributed by atoms with Crippen LogP contribution in [0.25, 0.3) is 6.08 Å². The maximum Gasteiger partial charge on any atom is 0.266 e. The monoisotopic (exact) mass is 406 g/mol. The minimum absolute atomic E-state index is 0.0361. The second-order valence-corrected chi connectivity index (χ2v) is 6.76. The van der Waals surface area contributed by atoms with Crippen molar-refractivity contribution in [2.75, 3.05) is 24.8 Å². The molecule has 0 radical (unpaired) electrons. The van der Waals surface area contributed by atoms with Gasteiger partial charge in [0.15, 0.2) is 0 Å². The molecule has 1 aromatic heterocycles. The van der Waals surface area contributed by atoms with Crippen molar-refractivity contribution >= 4 is 46.6 Å². The molecule has 0 aliphatic rings. The van der Waals surface area contributed by atoms with Gasteiger partial charge in [-0.2, -0.15) is 5.26 Å². The fraction of sp³-hybridized carbons (Fsp3) is 0.263. The fourth-order valence-electron chi connectivity index (χ4n) is 2.66. The number of aromatic nitrogens is 1. The Morgan fingerprint density at radius 1 is 1.33 bits per heavy atom. The molecule has 6 nitrogen and oxygen atoms in total. The number of nitriles is 1. The molecule has 3 N–H and O–H groups in total. The van der Waals surface area contributed by atoms with Crippen LogP contribution < -0.4 is 11.1 Å². The predicted molar refractivity (Wildman–Crippen MR) is 109 cm³/mol.